The van der Waals surface area contributed by atoms with Gasteiger partial charge in [0.25, 0.3) is 5.91 Å². The van der Waals surface area contributed by atoms with Crippen LogP contribution in [0.2, 0.25) is 15.1 Å². The van der Waals surface area contributed by atoms with Crippen LogP contribution in [0.25, 0.3) is 0 Å². The van der Waals surface area contributed by atoms with E-state index in [0.29, 0.717) is 15.4 Å². The van der Waals surface area contributed by atoms with Crippen LogP contribution in [-0.4, -0.2) is 98.6 Å². The largest absolute Gasteiger partial charge is 0.465 e. The molecule has 0 radical (unpaired) electrons. The zero-order valence-electron chi connectivity index (χ0n) is 28.7. The van der Waals surface area contributed by atoms with Crippen molar-refractivity contribution in [3.63, 3.8) is 0 Å². The first-order valence-electron chi connectivity index (χ1n) is 16.0. The summed E-state index contributed by atoms with van der Waals surface area (Å²) in [6.07, 6.45) is -7.79. The van der Waals surface area contributed by atoms with E-state index >= 15 is 0 Å². The van der Waals surface area contributed by atoms with Gasteiger partial charge in [-0.3, -0.25) is 19.4 Å². The molecular formula is C34H38Cl3F3N4O8S. The molecule has 0 bridgehead atoms. The van der Waals surface area contributed by atoms with Crippen molar-refractivity contribution in [1.29, 1.82) is 0 Å². The standard InChI is InChI=1S/C34H38Cl3F3N4O8S/c1-4-51-30(52-5-2)20-42(21-34(38,39)40)31(45)22(3)44(26-14-11-24(35)12-15-26)32(46)28(43(33(47)48)19-23-9-7-6-8-10-23)18-41-53(49,50)29-16-13-25(36)17-27(29)37/h6-17,22,28,30,41H,4-5,18-21H2,1-3H3,(H,47,48). The molecule has 3 amide bonds. The molecule has 0 aliphatic rings. The first-order valence-corrected chi connectivity index (χ1v) is 18.7. The number of carbonyl (C=O) groups excluding carboxylic acids is 2. The van der Waals surface area contributed by atoms with Gasteiger partial charge < -0.3 is 19.5 Å². The summed E-state index contributed by atoms with van der Waals surface area (Å²) in [5.74, 6) is -2.36. The van der Waals surface area contributed by atoms with Crippen molar-refractivity contribution in [2.24, 2.45) is 0 Å². The van der Waals surface area contributed by atoms with Crippen LogP contribution in [0.3, 0.4) is 0 Å². The Morgan fingerprint density at radius 3 is 2.00 bits per heavy atom. The first kappa shape index (κ1) is 43.8. The van der Waals surface area contributed by atoms with E-state index in [9.17, 15) is 41.1 Å². The Kier molecular flexibility index (Phi) is 16.2. The van der Waals surface area contributed by atoms with Gasteiger partial charge in [-0.1, -0.05) is 65.1 Å². The summed E-state index contributed by atoms with van der Waals surface area (Å²) in [7, 11) is -4.54. The van der Waals surface area contributed by atoms with Gasteiger partial charge in [0.15, 0.2) is 6.29 Å². The molecule has 290 valence electrons. The van der Waals surface area contributed by atoms with E-state index in [-0.39, 0.29) is 34.0 Å². The van der Waals surface area contributed by atoms with Crippen LogP contribution in [0.1, 0.15) is 26.3 Å². The maximum Gasteiger partial charge on any atom is 0.408 e. The summed E-state index contributed by atoms with van der Waals surface area (Å²) in [6, 6.07) is 13.2. The minimum absolute atomic E-state index is 0.0505. The summed E-state index contributed by atoms with van der Waals surface area (Å²) in [6.45, 7) is 0.693. The number of carboxylic acid groups (broad SMARTS) is 1. The lowest BCUT2D eigenvalue weighted by atomic mass is 10.1. The Bertz CT molecular complexity index is 1800. The molecule has 0 saturated heterocycles. The van der Waals surface area contributed by atoms with Gasteiger partial charge in [0, 0.05) is 42.0 Å². The number of alkyl halides is 3. The molecule has 3 aromatic rings. The van der Waals surface area contributed by atoms with Crippen molar-refractivity contribution in [3.05, 3.63) is 93.4 Å². The van der Waals surface area contributed by atoms with Gasteiger partial charge in [-0.25, -0.2) is 17.9 Å². The smallest absolute Gasteiger partial charge is 0.408 e. The molecule has 0 aliphatic heterocycles. The lowest BCUT2D eigenvalue weighted by Gasteiger charge is -2.38. The number of amides is 3. The summed E-state index contributed by atoms with van der Waals surface area (Å²) < 4.78 is 81.6. The van der Waals surface area contributed by atoms with Crippen LogP contribution in [0.15, 0.2) is 77.7 Å². The van der Waals surface area contributed by atoms with Gasteiger partial charge in [0.1, 0.15) is 23.5 Å². The lowest BCUT2D eigenvalue weighted by molar-refractivity contribution is -0.183. The normalized spacial score (nSPS) is 13.0. The molecule has 53 heavy (non-hydrogen) atoms. The highest BCUT2D eigenvalue weighted by molar-refractivity contribution is 7.89. The summed E-state index contributed by atoms with van der Waals surface area (Å²) in [4.78, 5) is 43.1. The van der Waals surface area contributed by atoms with Crippen molar-refractivity contribution >= 4 is 68.4 Å². The maximum absolute atomic E-state index is 14.8. The zero-order chi connectivity index (χ0) is 39.5. The van der Waals surface area contributed by atoms with E-state index in [1.165, 1.54) is 36.4 Å². The quantitative estimate of drug-likeness (QED) is 0.135. The average molecular weight is 826 g/mol. The van der Waals surface area contributed by atoms with Crippen LogP contribution >= 0.6 is 34.8 Å². The van der Waals surface area contributed by atoms with Crippen molar-refractivity contribution in [2.45, 2.75) is 56.8 Å². The van der Waals surface area contributed by atoms with Gasteiger partial charge in [0.2, 0.25) is 15.9 Å². The number of rotatable bonds is 18. The Labute approximate surface area is 320 Å². The zero-order valence-corrected chi connectivity index (χ0v) is 31.8. The van der Waals surface area contributed by atoms with E-state index in [1.807, 2.05) is 0 Å². The Balaban J connectivity index is 2.17. The van der Waals surface area contributed by atoms with Crippen LogP contribution in [0.5, 0.6) is 0 Å². The van der Waals surface area contributed by atoms with E-state index < -0.39 is 83.6 Å². The highest BCUT2D eigenvalue weighted by Crippen LogP contribution is 2.28. The molecule has 19 heteroatoms. The van der Waals surface area contributed by atoms with E-state index in [0.717, 1.165) is 17.9 Å². The lowest BCUT2D eigenvalue weighted by Crippen LogP contribution is -2.60. The molecule has 3 aromatic carbocycles. The molecule has 2 atom stereocenters. The number of nitrogens with zero attached hydrogens (tertiary/aromatic N) is 3. The molecular weight excluding hydrogens is 788 g/mol. The third-order valence-electron chi connectivity index (χ3n) is 7.60. The fourth-order valence-electron chi connectivity index (χ4n) is 5.21. The number of halogens is 6. The van der Waals surface area contributed by atoms with Crippen molar-refractivity contribution < 1.29 is 50.6 Å². The highest BCUT2D eigenvalue weighted by Gasteiger charge is 2.42. The maximum atomic E-state index is 14.8. The van der Waals surface area contributed by atoms with Crippen molar-refractivity contribution in [2.75, 3.05) is 37.7 Å². The molecule has 2 unspecified atom stereocenters. The second-order valence-electron chi connectivity index (χ2n) is 11.4. The fourth-order valence-corrected chi connectivity index (χ4v) is 7.15. The topological polar surface area (TPSA) is 146 Å². The number of anilines is 1. The Hall–Kier alpha value is -3.64. The molecule has 3 rings (SSSR count). The number of sulfonamides is 1. The summed E-state index contributed by atoms with van der Waals surface area (Å²) >= 11 is 18.2. The first-order chi connectivity index (χ1) is 24.9. The van der Waals surface area contributed by atoms with E-state index in [4.69, 9.17) is 44.3 Å². The number of hydrogen-bond acceptors (Lipinski definition) is 7. The fraction of sp³-hybridized carbons (Fsp3) is 0.382. The molecule has 0 fully saturated rings. The molecule has 0 heterocycles. The van der Waals surface area contributed by atoms with Gasteiger partial charge >= 0.3 is 12.3 Å². The highest BCUT2D eigenvalue weighted by atomic mass is 35.5. The number of nitrogens with one attached hydrogen (secondary N) is 1. The van der Waals surface area contributed by atoms with E-state index in [1.54, 1.807) is 44.2 Å². The minimum atomic E-state index is -4.88. The molecule has 12 nitrogen and oxygen atoms in total. The Morgan fingerprint density at radius 2 is 1.47 bits per heavy atom. The monoisotopic (exact) mass is 824 g/mol. The van der Waals surface area contributed by atoms with Crippen molar-refractivity contribution in [1.82, 2.24) is 14.5 Å². The predicted octanol–water partition coefficient (Wildman–Crippen LogP) is 6.69. The summed E-state index contributed by atoms with van der Waals surface area (Å²) in [5, 5.41) is 10.5. The Morgan fingerprint density at radius 1 is 0.887 bits per heavy atom. The second kappa shape index (κ2) is 19.6. The van der Waals surface area contributed by atoms with Crippen LogP contribution < -0.4 is 9.62 Å². The van der Waals surface area contributed by atoms with Gasteiger partial charge in [0.05, 0.1) is 11.6 Å². The molecule has 0 saturated carbocycles. The number of carbonyl (C=O) groups is 3. The minimum Gasteiger partial charge on any atom is -0.465 e. The molecule has 0 aromatic heterocycles. The number of ether oxygens (including phenoxy) is 2. The van der Waals surface area contributed by atoms with Crippen LogP contribution in [0, 0.1) is 0 Å². The van der Waals surface area contributed by atoms with Crippen molar-refractivity contribution in [3.8, 4) is 0 Å². The SMILES string of the molecule is CCOC(CN(CC(F)(F)F)C(=O)C(C)N(C(=O)C(CNS(=O)(=O)c1ccc(Cl)cc1Cl)N(Cc1ccccc1)C(=O)O)c1ccc(Cl)cc1)OCC. The van der Waals surface area contributed by atoms with Gasteiger partial charge in [-0.2, -0.15) is 13.2 Å². The number of benzene rings is 3. The van der Waals surface area contributed by atoms with Gasteiger partial charge in [-0.15, -0.1) is 0 Å². The van der Waals surface area contributed by atoms with E-state index in [2.05, 4.69) is 4.72 Å². The van der Waals surface area contributed by atoms with Crippen LogP contribution in [0.4, 0.5) is 23.7 Å². The third-order valence-corrected chi connectivity index (χ3v) is 9.99. The van der Waals surface area contributed by atoms with Crippen LogP contribution in [-0.2, 0) is 35.6 Å². The summed E-state index contributed by atoms with van der Waals surface area (Å²) in [5.41, 5.74) is 0.352. The predicted molar refractivity (Wildman–Crippen MR) is 194 cm³/mol. The number of hydrogen-bond donors (Lipinski definition) is 2. The third kappa shape index (κ3) is 12.7. The molecule has 0 aliphatic carbocycles. The second-order valence-corrected chi connectivity index (χ2v) is 14.4. The molecule has 2 N–H and O–H groups in total. The average Bonchev–Trinajstić information content (AvgIpc) is 3.08. The molecule has 0 spiro atoms. The van der Waals surface area contributed by atoms with Gasteiger partial charge in [-0.05, 0) is 68.8 Å².